The van der Waals surface area contributed by atoms with Crippen molar-refractivity contribution in [3.63, 3.8) is 0 Å². The first kappa shape index (κ1) is 23.6. The summed E-state index contributed by atoms with van der Waals surface area (Å²) in [5.74, 6) is -0.475. The molecule has 2 aromatic carbocycles. The maximum atomic E-state index is 12.5. The van der Waals surface area contributed by atoms with Crippen molar-refractivity contribution in [2.45, 2.75) is 5.03 Å². The number of hydrogen-bond acceptors (Lipinski definition) is 9. The van der Waals surface area contributed by atoms with Crippen LogP contribution in [-0.2, 0) is 14.3 Å². The fraction of sp³-hybridized carbons (Fsp3) is 0.125. The number of esters is 1. The molecule has 0 bridgehead atoms. The number of anilines is 2. The molecule has 0 aliphatic carbocycles. The number of nitrogens with zero attached hydrogens (tertiary/aromatic N) is 2. The molecule has 176 valence electrons. The molecule has 1 aliphatic heterocycles. The molecule has 0 radical (unpaired) electrons. The lowest BCUT2D eigenvalue weighted by atomic mass is 10.2. The van der Waals surface area contributed by atoms with E-state index in [0.29, 0.717) is 33.5 Å². The Labute approximate surface area is 204 Å². The highest BCUT2D eigenvalue weighted by molar-refractivity contribution is 8.00. The van der Waals surface area contributed by atoms with Gasteiger partial charge in [-0.15, -0.1) is 0 Å². The lowest BCUT2D eigenvalue weighted by molar-refractivity contribution is -0.119. The van der Waals surface area contributed by atoms with Crippen molar-refractivity contribution in [2.24, 2.45) is 0 Å². The number of aromatic nitrogens is 1. The van der Waals surface area contributed by atoms with Crippen LogP contribution in [0.2, 0.25) is 0 Å². The van der Waals surface area contributed by atoms with Crippen LogP contribution in [0.3, 0.4) is 0 Å². The predicted molar refractivity (Wildman–Crippen MR) is 126 cm³/mol. The minimum Gasteiger partial charge on any atom is -0.454 e. The van der Waals surface area contributed by atoms with Gasteiger partial charge in [0, 0.05) is 23.6 Å². The SMILES string of the molecule is N#Cc1cccc(NC(=O)COC(=O)c2cccnc2SCC(=O)Nc2ccc3c(c2)OCO3)c1. The zero-order chi connectivity index (χ0) is 24.6. The number of hydrogen-bond donors (Lipinski definition) is 2. The highest BCUT2D eigenvalue weighted by Gasteiger charge is 2.18. The summed E-state index contributed by atoms with van der Waals surface area (Å²) in [6.45, 7) is -0.392. The molecule has 10 nitrogen and oxygen atoms in total. The van der Waals surface area contributed by atoms with Crippen LogP contribution < -0.4 is 20.1 Å². The molecule has 11 heteroatoms. The van der Waals surface area contributed by atoms with E-state index < -0.39 is 18.5 Å². The molecule has 2 amide bonds. The minimum absolute atomic E-state index is 0.0124. The van der Waals surface area contributed by atoms with Crippen LogP contribution in [-0.4, -0.2) is 41.9 Å². The topological polar surface area (TPSA) is 140 Å². The molecule has 0 atom stereocenters. The first-order chi connectivity index (χ1) is 17.0. The molecule has 0 spiro atoms. The molecule has 3 aromatic rings. The Kier molecular flexibility index (Phi) is 7.44. The van der Waals surface area contributed by atoms with Crippen LogP contribution >= 0.6 is 11.8 Å². The molecule has 1 aliphatic rings. The fourth-order valence-corrected chi connectivity index (χ4v) is 3.82. The zero-order valence-electron chi connectivity index (χ0n) is 18.1. The number of fused-ring (bicyclic) bond motifs is 1. The summed E-state index contributed by atoms with van der Waals surface area (Å²) < 4.78 is 15.6. The maximum Gasteiger partial charge on any atom is 0.341 e. The third kappa shape index (κ3) is 6.27. The molecular formula is C24H18N4O6S. The Morgan fingerprint density at radius 2 is 1.80 bits per heavy atom. The van der Waals surface area contributed by atoms with Gasteiger partial charge in [-0.2, -0.15) is 5.26 Å². The summed E-state index contributed by atoms with van der Waals surface area (Å²) in [6, 6.07) is 16.4. The number of carbonyl (C=O) groups excluding carboxylic acids is 3. The van der Waals surface area contributed by atoms with Gasteiger partial charge in [-0.1, -0.05) is 17.8 Å². The van der Waals surface area contributed by atoms with Crippen molar-refractivity contribution in [3.05, 3.63) is 71.9 Å². The van der Waals surface area contributed by atoms with Crippen LogP contribution in [0.1, 0.15) is 15.9 Å². The highest BCUT2D eigenvalue weighted by Crippen LogP contribution is 2.34. The summed E-state index contributed by atoms with van der Waals surface area (Å²) in [7, 11) is 0. The van der Waals surface area contributed by atoms with Crippen LogP contribution in [0.15, 0.2) is 65.8 Å². The summed E-state index contributed by atoms with van der Waals surface area (Å²) in [5.41, 5.74) is 1.48. The van der Waals surface area contributed by atoms with E-state index >= 15 is 0 Å². The Morgan fingerprint density at radius 3 is 2.66 bits per heavy atom. The van der Waals surface area contributed by atoms with E-state index in [9.17, 15) is 14.4 Å². The number of nitriles is 1. The molecular weight excluding hydrogens is 472 g/mol. The number of amides is 2. The van der Waals surface area contributed by atoms with Crippen LogP contribution in [0.5, 0.6) is 11.5 Å². The Morgan fingerprint density at radius 1 is 1.00 bits per heavy atom. The van der Waals surface area contributed by atoms with Crippen LogP contribution in [0.4, 0.5) is 11.4 Å². The highest BCUT2D eigenvalue weighted by atomic mass is 32.2. The van der Waals surface area contributed by atoms with Crippen LogP contribution in [0.25, 0.3) is 0 Å². The number of pyridine rings is 1. The van der Waals surface area contributed by atoms with E-state index in [0.717, 1.165) is 11.8 Å². The monoisotopic (exact) mass is 490 g/mol. The van der Waals surface area contributed by atoms with Crippen molar-refractivity contribution in [1.82, 2.24) is 4.98 Å². The predicted octanol–water partition coefficient (Wildman–Crippen LogP) is 3.21. The third-order valence-electron chi connectivity index (χ3n) is 4.60. The van der Waals surface area contributed by atoms with E-state index in [2.05, 4.69) is 15.6 Å². The van der Waals surface area contributed by atoms with E-state index in [1.54, 1.807) is 42.5 Å². The quantitative estimate of drug-likeness (QED) is 0.360. The Bertz CT molecular complexity index is 1320. The Balaban J connectivity index is 1.30. The van der Waals surface area contributed by atoms with Crippen molar-refractivity contribution >= 4 is 40.9 Å². The average molecular weight is 490 g/mol. The second kappa shape index (κ2) is 11.0. The van der Waals surface area contributed by atoms with E-state index in [4.69, 9.17) is 19.5 Å². The van der Waals surface area contributed by atoms with Gasteiger partial charge < -0.3 is 24.8 Å². The first-order valence-electron chi connectivity index (χ1n) is 10.3. The second-order valence-electron chi connectivity index (χ2n) is 7.08. The summed E-state index contributed by atoms with van der Waals surface area (Å²) in [4.78, 5) is 41.2. The minimum atomic E-state index is -0.752. The van der Waals surface area contributed by atoms with Gasteiger partial charge in [-0.3, -0.25) is 9.59 Å². The van der Waals surface area contributed by atoms with Crippen LogP contribution in [0, 0.1) is 11.3 Å². The number of nitrogens with one attached hydrogen (secondary N) is 2. The number of benzene rings is 2. The van der Waals surface area contributed by atoms with Gasteiger partial charge in [0.2, 0.25) is 12.7 Å². The molecule has 0 fully saturated rings. The smallest absolute Gasteiger partial charge is 0.341 e. The van der Waals surface area contributed by atoms with Gasteiger partial charge in [-0.25, -0.2) is 9.78 Å². The number of rotatable bonds is 8. The molecule has 1 aromatic heterocycles. The zero-order valence-corrected chi connectivity index (χ0v) is 19.0. The van der Waals surface area contributed by atoms with E-state index in [-0.39, 0.29) is 24.0 Å². The third-order valence-corrected chi connectivity index (χ3v) is 5.60. The number of carbonyl (C=O) groups is 3. The van der Waals surface area contributed by atoms with Gasteiger partial charge in [0.05, 0.1) is 22.9 Å². The molecule has 0 saturated heterocycles. The van der Waals surface area contributed by atoms with E-state index in [1.165, 1.54) is 18.3 Å². The maximum absolute atomic E-state index is 12.5. The Hall–Kier alpha value is -4.56. The van der Waals surface area contributed by atoms with Gasteiger partial charge in [0.1, 0.15) is 5.03 Å². The van der Waals surface area contributed by atoms with Crippen molar-refractivity contribution < 1.29 is 28.6 Å². The number of thioether (sulfide) groups is 1. The van der Waals surface area contributed by atoms with Gasteiger partial charge in [-0.05, 0) is 42.5 Å². The summed E-state index contributed by atoms with van der Waals surface area (Å²) in [6.07, 6.45) is 1.49. The van der Waals surface area contributed by atoms with Crippen molar-refractivity contribution in [1.29, 1.82) is 5.26 Å². The molecule has 2 heterocycles. The van der Waals surface area contributed by atoms with Crippen molar-refractivity contribution in [3.8, 4) is 17.6 Å². The molecule has 35 heavy (non-hydrogen) atoms. The normalized spacial score (nSPS) is 11.3. The van der Waals surface area contributed by atoms with Crippen molar-refractivity contribution in [2.75, 3.05) is 29.8 Å². The first-order valence-corrected chi connectivity index (χ1v) is 11.2. The molecule has 0 saturated carbocycles. The number of ether oxygens (including phenoxy) is 3. The molecule has 4 rings (SSSR count). The largest absolute Gasteiger partial charge is 0.454 e. The molecule has 2 N–H and O–H groups in total. The average Bonchev–Trinajstić information content (AvgIpc) is 3.34. The summed E-state index contributed by atoms with van der Waals surface area (Å²) >= 11 is 1.06. The van der Waals surface area contributed by atoms with Gasteiger partial charge in [0.15, 0.2) is 18.1 Å². The van der Waals surface area contributed by atoms with Gasteiger partial charge in [0.25, 0.3) is 5.91 Å². The summed E-state index contributed by atoms with van der Waals surface area (Å²) in [5, 5.41) is 14.5. The lowest BCUT2D eigenvalue weighted by Gasteiger charge is -2.10. The van der Waals surface area contributed by atoms with E-state index in [1.807, 2.05) is 6.07 Å². The lowest BCUT2D eigenvalue weighted by Crippen LogP contribution is -2.21. The molecule has 0 unspecified atom stereocenters. The van der Waals surface area contributed by atoms with Gasteiger partial charge >= 0.3 is 5.97 Å². The second-order valence-corrected chi connectivity index (χ2v) is 8.04. The standard InChI is InChI=1S/C24H18N4O6S/c25-11-15-3-1-4-16(9-15)27-21(29)12-32-24(31)18-5-2-8-26-23(18)35-13-22(30)28-17-6-7-19-20(10-17)34-14-33-19/h1-10H,12-14H2,(H,27,29)(H,28,30). The fourth-order valence-electron chi connectivity index (χ4n) is 3.04.